The molecule has 0 rings (SSSR count). The fourth-order valence-corrected chi connectivity index (χ4v) is 3.07. The van der Waals surface area contributed by atoms with Crippen LogP contribution in [0.5, 0.6) is 0 Å². The number of carbonyl (C=O) groups is 1. The Morgan fingerprint density at radius 1 is 0.864 bits per heavy atom. The SMILES string of the molecule is CCCCCCCCCCCCC(C)(CCCN)C(=O)OC. The van der Waals surface area contributed by atoms with Crippen molar-refractivity contribution in [2.24, 2.45) is 11.1 Å². The van der Waals surface area contributed by atoms with Crippen molar-refractivity contribution in [3.63, 3.8) is 0 Å². The normalized spacial score (nSPS) is 13.8. The third-order valence-corrected chi connectivity index (χ3v) is 4.69. The van der Waals surface area contributed by atoms with E-state index in [1.54, 1.807) is 0 Å². The zero-order valence-corrected chi connectivity index (χ0v) is 15.3. The standard InChI is InChI=1S/C19H39NO2/c1-4-5-6-7-8-9-10-11-12-13-15-19(2,16-14-17-20)18(21)22-3/h4-17,20H2,1-3H3. The van der Waals surface area contributed by atoms with Crippen LogP contribution in [-0.4, -0.2) is 19.6 Å². The fraction of sp³-hybridized carbons (Fsp3) is 0.947. The highest BCUT2D eigenvalue weighted by molar-refractivity contribution is 5.76. The molecule has 1 atom stereocenters. The van der Waals surface area contributed by atoms with Crippen molar-refractivity contribution in [1.29, 1.82) is 0 Å². The van der Waals surface area contributed by atoms with Gasteiger partial charge in [-0.1, -0.05) is 71.1 Å². The number of methoxy groups -OCH3 is 1. The predicted octanol–water partition coefficient (Wildman–Crippen LogP) is 5.22. The first-order chi connectivity index (χ1) is 10.6. The molecule has 0 aliphatic rings. The molecule has 0 saturated heterocycles. The maximum atomic E-state index is 12.0. The number of hydrogen-bond donors (Lipinski definition) is 1. The van der Waals surface area contributed by atoms with Gasteiger partial charge in [-0.05, 0) is 32.7 Å². The van der Waals surface area contributed by atoms with Crippen molar-refractivity contribution in [2.75, 3.05) is 13.7 Å². The van der Waals surface area contributed by atoms with Crippen molar-refractivity contribution in [3.05, 3.63) is 0 Å². The smallest absolute Gasteiger partial charge is 0.311 e. The van der Waals surface area contributed by atoms with Crippen LogP contribution < -0.4 is 5.73 Å². The van der Waals surface area contributed by atoms with E-state index in [9.17, 15) is 4.79 Å². The Morgan fingerprint density at radius 2 is 1.32 bits per heavy atom. The lowest BCUT2D eigenvalue weighted by Crippen LogP contribution is -2.30. The summed E-state index contributed by atoms with van der Waals surface area (Å²) >= 11 is 0. The van der Waals surface area contributed by atoms with Gasteiger partial charge in [-0.3, -0.25) is 4.79 Å². The van der Waals surface area contributed by atoms with E-state index in [0.29, 0.717) is 6.54 Å². The lowest BCUT2D eigenvalue weighted by Gasteiger charge is -2.26. The van der Waals surface area contributed by atoms with E-state index in [1.165, 1.54) is 64.9 Å². The van der Waals surface area contributed by atoms with Crippen LogP contribution in [0.2, 0.25) is 0 Å². The van der Waals surface area contributed by atoms with Crippen LogP contribution in [0.3, 0.4) is 0 Å². The van der Waals surface area contributed by atoms with E-state index in [2.05, 4.69) is 6.92 Å². The quantitative estimate of drug-likeness (QED) is 0.333. The Balaban J connectivity index is 3.70. The summed E-state index contributed by atoms with van der Waals surface area (Å²) in [5.74, 6) is -0.0723. The Morgan fingerprint density at radius 3 is 1.77 bits per heavy atom. The largest absolute Gasteiger partial charge is 0.469 e. The van der Waals surface area contributed by atoms with E-state index in [1.807, 2.05) is 6.92 Å². The number of carbonyl (C=O) groups excluding carboxylic acids is 1. The van der Waals surface area contributed by atoms with Gasteiger partial charge in [0.15, 0.2) is 0 Å². The molecule has 2 N–H and O–H groups in total. The second kappa shape index (κ2) is 14.0. The zero-order chi connectivity index (χ0) is 16.7. The van der Waals surface area contributed by atoms with Gasteiger partial charge in [-0.2, -0.15) is 0 Å². The third kappa shape index (κ3) is 10.2. The van der Waals surface area contributed by atoms with Crippen LogP contribution in [0.15, 0.2) is 0 Å². The van der Waals surface area contributed by atoms with E-state index in [0.717, 1.165) is 25.7 Å². The maximum Gasteiger partial charge on any atom is 0.311 e. The minimum absolute atomic E-state index is 0.0723. The highest BCUT2D eigenvalue weighted by Gasteiger charge is 2.32. The molecule has 0 amide bonds. The van der Waals surface area contributed by atoms with Crippen LogP contribution in [0, 0.1) is 5.41 Å². The predicted molar refractivity (Wildman–Crippen MR) is 94.9 cm³/mol. The summed E-state index contributed by atoms with van der Waals surface area (Å²) < 4.78 is 4.97. The van der Waals surface area contributed by atoms with Gasteiger partial charge >= 0.3 is 5.97 Å². The first-order valence-electron chi connectivity index (χ1n) is 9.39. The molecule has 0 bridgehead atoms. The summed E-state index contributed by atoms with van der Waals surface area (Å²) in [6, 6.07) is 0. The van der Waals surface area contributed by atoms with Crippen molar-refractivity contribution in [3.8, 4) is 0 Å². The molecule has 1 unspecified atom stereocenters. The Bertz CT molecular complexity index is 268. The molecule has 0 radical (unpaired) electrons. The summed E-state index contributed by atoms with van der Waals surface area (Å²) in [6.07, 6.45) is 15.9. The van der Waals surface area contributed by atoms with E-state index >= 15 is 0 Å². The van der Waals surface area contributed by atoms with Crippen LogP contribution >= 0.6 is 0 Å². The summed E-state index contributed by atoms with van der Waals surface area (Å²) in [7, 11) is 1.49. The number of esters is 1. The van der Waals surface area contributed by atoms with Crippen molar-refractivity contribution in [1.82, 2.24) is 0 Å². The minimum Gasteiger partial charge on any atom is -0.469 e. The second-order valence-corrected chi connectivity index (χ2v) is 6.88. The van der Waals surface area contributed by atoms with Gasteiger partial charge in [0.25, 0.3) is 0 Å². The first-order valence-corrected chi connectivity index (χ1v) is 9.39. The summed E-state index contributed by atoms with van der Waals surface area (Å²) in [6.45, 7) is 4.93. The number of nitrogens with two attached hydrogens (primary N) is 1. The van der Waals surface area contributed by atoms with E-state index in [-0.39, 0.29) is 11.4 Å². The molecule has 0 heterocycles. The Labute approximate surface area is 138 Å². The maximum absolute atomic E-state index is 12.0. The second-order valence-electron chi connectivity index (χ2n) is 6.88. The van der Waals surface area contributed by atoms with Crippen LogP contribution in [-0.2, 0) is 9.53 Å². The molecule has 3 nitrogen and oxygen atoms in total. The average Bonchev–Trinajstić information content (AvgIpc) is 2.53. The molecule has 0 spiro atoms. The summed E-state index contributed by atoms with van der Waals surface area (Å²) in [4.78, 5) is 12.0. The first kappa shape index (κ1) is 21.4. The third-order valence-electron chi connectivity index (χ3n) is 4.69. The monoisotopic (exact) mass is 313 g/mol. The van der Waals surface area contributed by atoms with Gasteiger partial charge in [-0.25, -0.2) is 0 Å². The van der Waals surface area contributed by atoms with Gasteiger partial charge in [0, 0.05) is 0 Å². The molecule has 0 saturated carbocycles. The highest BCUT2D eigenvalue weighted by atomic mass is 16.5. The Kier molecular flexibility index (Phi) is 13.7. The molecule has 0 aliphatic carbocycles. The van der Waals surface area contributed by atoms with Gasteiger partial charge in [0.1, 0.15) is 0 Å². The molecule has 22 heavy (non-hydrogen) atoms. The van der Waals surface area contributed by atoms with Gasteiger partial charge in [0.05, 0.1) is 12.5 Å². The topological polar surface area (TPSA) is 52.3 Å². The number of rotatable bonds is 15. The van der Waals surface area contributed by atoms with Gasteiger partial charge in [-0.15, -0.1) is 0 Å². The summed E-state index contributed by atoms with van der Waals surface area (Å²) in [5.41, 5.74) is 5.24. The molecular formula is C19H39NO2. The van der Waals surface area contributed by atoms with Crippen LogP contribution in [0.4, 0.5) is 0 Å². The van der Waals surface area contributed by atoms with Gasteiger partial charge in [0.2, 0.25) is 0 Å². The Hall–Kier alpha value is -0.570. The summed E-state index contributed by atoms with van der Waals surface area (Å²) in [5, 5.41) is 0. The molecule has 0 aromatic heterocycles. The molecule has 0 aromatic carbocycles. The molecule has 0 aliphatic heterocycles. The van der Waals surface area contributed by atoms with Crippen LogP contribution in [0.1, 0.15) is 97.3 Å². The number of ether oxygens (including phenoxy) is 1. The lowest BCUT2D eigenvalue weighted by molar-refractivity contribution is -0.152. The fourth-order valence-electron chi connectivity index (χ4n) is 3.07. The highest BCUT2D eigenvalue weighted by Crippen LogP contribution is 2.31. The van der Waals surface area contributed by atoms with Crippen molar-refractivity contribution >= 4 is 5.97 Å². The average molecular weight is 314 g/mol. The van der Waals surface area contributed by atoms with Crippen molar-refractivity contribution < 1.29 is 9.53 Å². The zero-order valence-electron chi connectivity index (χ0n) is 15.3. The molecular weight excluding hydrogens is 274 g/mol. The lowest BCUT2D eigenvalue weighted by atomic mass is 9.80. The number of hydrogen-bond acceptors (Lipinski definition) is 3. The molecule has 132 valence electrons. The minimum atomic E-state index is -0.339. The molecule has 3 heteroatoms. The molecule has 0 aromatic rings. The van der Waals surface area contributed by atoms with Gasteiger partial charge < -0.3 is 10.5 Å². The van der Waals surface area contributed by atoms with E-state index in [4.69, 9.17) is 10.5 Å². The number of unbranched alkanes of at least 4 members (excludes halogenated alkanes) is 9. The van der Waals surface area contributed by atoms with Crippen molar-refractivity contribution in [2.45, 2.75) is 97.3 Å². The molecule has 0 fully saturated rings. The van der Waals surface area contributed by atoms with Crippen LogP contribution in [0.25, 0.3) is 0 Å². The van der Waals surface area contributed by atoms with E-state index < -0.39 is 0 Å².